The fourth-order valence-corrected chi connectivity index (χ4v) is 5.47. The van der Waals surface area contributed by atoms with Crippen molar-refractivity contribution < 1.29 is 19.0 Å². The van der Waals surface area contributed by atoms with Gasteiger partial charge in [-0.1, -0.05) is 12.1 Å². The van der Waals surface area contributed by atoms with Crippen molar-refractivity contribution in [1.82, 2.24) is 19.8 Å². The lowest BCUT2D eigenvalue weighted by molar-refractivity contribution is 0.0909. The topological polar surface area (TPSA) is 99.6 Å². The third-order valence-corrected chi connectivity index (χ3v) is 7.80. The predicted octanol–water partition coefficient (Wildman–Crippen LogP) is 3.12. The van der Waals surface area contributed by atoms with Gasteiger partial charge in [-0.2, -0.15) is 0 Å². The number of hydrogen-bond donors (Lipinski definition) is 3. The molecule has 1 aliphatic carbocycles. The third-order valence-electron chi connectivity index (χ3n) is 7.80. The van der Waals surface area contributed by atoms with Crippen LogP contribution >= 0.6 is 0 Å². The average Bonchev–Trinajstić information content (AvgIpc) is 3.15. The molecule has 6 rings (SSSR count). The van der Waals surface area contributed by atoms with E-state index in [0.717, 1.165) is 5.56 Å². The van der Waals surface area contributed by atoms with Gasteiger partial charge in [0.05, 0.1) is 5.54 Å². The second-order valence-corrected chi connectivity index (χ2v) is 10.3. The Kier molecular flexibility index (Phi) is 4.46. The molecule has 1 fully saturated rings. The first-order valence-corrected chi connectivity index (χ1v) is 11.8. The van der Waals surface area contributed by atoms with Gasteiger partial charge in [-0.25, -0.2) is 4.39 Å². The van der Waals surface area contributed by atoms with Gasteiger partial charge in [-0.15, -0.1) is 0 Å². The number of ether oxygens (including phenoxy) is 1. The molecule has 9 heteroatoms. The molecule has 4 heterocycles. The van der Waals surface area contributed by atoms with E-state index in [-0.39, 0.29) is 23.2 Å². The Bertz CT molecular complexity index is 1620. The number of halogens is 1. The molecule has 4 bridgehead atoms. The Hall–Kier alpha value is -3.85. The summed E-state index contributed by atoms with van der Waals surface area (Å²) < 4.78 is 24.3. The molecule has 8 nitrogen and oxygen atoms in total. The van der Waals surface area contributed by atoms with Crippen LogP contribution in [0.15, 0.2) is 47.2 Å². The molecule has 3 atom stereocenters. The molecule has 2 aliphatic heterocycles. The van der Waals surface area contributed by atoms with E-state index in [9.17, 15) is 14.7 Å². The van der Waals surface area contributed by atoms with E-state index in [1.165, 1.54) is 4.57 Å². The van der Waals surface area contributed by atoms with Crippen molar-refractivity contribution in [3.05, 3.63) is 80.7 Å². The number of nitrogens with zero attached hydrogens (tertiary/aromatic N) is 2. The maximum atomic E-state index is 16.3. The van der Waals surface area contributed by atoms with Gasteiger partial charge < -0.3 is 29.6 Å². The lowest BCUT2D eigenvalue weighted by Crippen LogP contribution is -2.39. The van der Waals surface area contributed by atoms with Crippen LogP contribution in [0.5, 0.6) is 5.75 Å². The van der Waals surface area contributed by atoms with Gasteiger partial charge in [-0.3, -0.25) is 9.59 Å². The van der Waals surface area contributed by atoms with Gasteiger partial charge in [0.2, 0.25) is 0 Å². The molecule has 36 heavy (non-hydrogen) atoms. The number of amides is 1. The van der Waals surface area contributed by atoms with E-state index < -0.39 is 23.3 Å². The second kappa shape index (κ2) is 7.10. The normalized spacial score (nSPS) is 26.9. The molecule has 3 aliphatic rings. The molecular weight excluding hydrogens is 463 g/mol. The fourth-order valence-electron chi connectivity index (χ4n) is 5.47. The number of fused-ring (bicyclic) bond motifs is 7. The Labute approximate surface area is 206 Å². The van der Waals surface area contributed by atoms with Crippen LogP contribution in [0.2, 0.25) is 0 Å². The first kappa shape index (κ1) is 22.6. The highest BCUT2D eigenvalue weighted by Crippen LogP contribution is 2.60. The van der Waals surface area contributed by atoms with Gasteiger partial charge in [0.15, 0.2) is 11.4 Å². The molecule has 3 N–H and O–H groups in total. The number of aliphatic hydroxyl groups is 1. The summed E-state index contributed by atoms with van der Waals surface area (Å²) in [7, 11) is 3.34. The van der Waals surface area contributed by atoms with E-state index >= 15 is 4.39 Å². The monoisotopic (exact) mass is 490 g/mol. The van der Waals surface area contributed by atoms with Crippen molar-refractivity contribution in [3.63, 3.8) is 0 Å². The Morgan fingerprint density at radius 1 is 1.22 bits per heavy atom. The van der Waals surface area contributed by atoms with Gasteiger partial charge in [-0.05, 0) is 49.6 Å². The van der Waals surface area contributed by atoms with Crippen LogP contribution in [0, 0.1) is 13.8 Å². The van der Waals surface area contributed by atoms with E-state index in [1.807, 2.05) is 19.9 Å². The molecule has 0 spiro atoms. The van der Waals surface area contributed by atoms with Crippen molar-refractivity contribution in [2.24, 2.45) is 7.05 Å². The van der Waals surface area contributed by atoms with Crippen LogP contribution in [0.3, 0.4) is 0 Å². The number of aromatic nitrogens is 2. The van der Waals surface area contributed by atoms with Crippen molar-refractivity contribution in [2.75, 3.05) is 7.05 Å². The first-order valence-electron chi connectivity index (χ1n) is 11.8. The highest BCUT2D eigenvalue weighted by atomic mass is 19.1. The van der Waals surface area contributed by atoms with Crippen LogP contribution < -0.4 is 15.6 Å². The van der Waals surface area contributed by atoms with Crippen molar-refractivity contribution in [1.29, 1.82) is 0 Å². The zero-order chi connectivity index (χ0) is 25.7. The Morgan fingerprint density at radius 2 is 1.97 bits per heavy atom. The number of nitrogens with one attached hydrogen (secondary N) is 2. The number of carbonyl (C=O) groups is 1. The van der Waals surface area contributed by atoms with E-state index in [0.29, 0.717) is 39.2 Å². The summed E-state index contributed by atoms with van der Waals surface area (Å²) in [5.41, 5.74) is 0.288. The van der Waals surface area contributed by atoms with Crippen LogP contribution in [0.1, 0.15) is 46.1 Å². The second-order valence-electron chi connectivity index (χ2n) is 10.3. The largest absolute Gasteiger partial charge is 0.455 e. The van der Waals surface area contributed by atoms with Crippen LogP contribution in [0.25, 0.3) is 16.5 Å². The van der Waals surface area contributed by atoms with Gasteiger partial charge in [0, 0.05) is 49.4 Å². The molecule has 1 saturated carbocycles. The minimum atomic E-state index is -1.78. The van der Waals surface area contributed by atoms with Gasteiger partial charge >= 0.3 is 0 Å². The number of alkyl halides is 1. The number of aromatic amines is 1. The summed E-state index contributed by atoms with van der Waals surface area (Å²) in [6.07, 6.45) is 4.16. The zero-order valence-electron chi connectivity index (χ0n) is 20.7. The molecule has 3 aromatic rings. The highest BCUT2D eigenvalue weighted by Gasteiger charge is 2.68. The molecule has 3 unspecified atom stereocenters. The first-order chi connectivity index (χ1) is 16.9. The van der Waals surface area contributed by atoms with Crippen LogP contribution in [-0.2, 0) is 12.7 Å². The lowest BCUT2D eigenvalue weighted by atomic mass is 9.95. The van der Waals surface area contributed by atoms with Crippen LogP contribution in [0.4, 0.5) is 4.39 Å². The predicted molar refractivity (Wildman–Crippen MR) is 133 cm³/mol. The number of hydrogen-bond acceptors (Lipinski definition) is 5. The van der Waals surface area contributed by atoms with Crippen molar-refractivity contribution >= 4 is 22.4 Å². The summed E-state index contributed by atoms with van der Waals surface area (Å²) >= 11 is 0. The standard InChI is InChI=1S/C27H27FN4O4/c1-13-6-7-18-14(2)23(13)36-20-11-31(4)21(33)9-15(20)17-10-32(5)25(35)22-16(17)8-19(29-22)24(34)30-26(3)12-27(18,26)28/h6-11,21,29,33H,12H2,1-5H3,(H,30,34). The maximum Gasteiger partial charge on any atom is 0.274 e. The minimum Gasteiger partial charge on any atom is -0.455 e. The number of pyridine rings is 1. The van der Waals surface area contributed by atoms with Gasteiger partial charge in [0.1, 0.15) is 23.2 Å². The van der Waals surface area contributed by atoms with E-state index in [2.05, 4.69) is 10.3 Å². The van der Waals surface area contributed by atoms with E-state index in [1.54, 1.807) is 56.5 Å². The number of aliphatic hydroxyl groups excluding tert-OH is 1. The third kappa shape index (κ3) is 2.95. The number of allylic oxidation sites excluding steroid dienone is 1. The number of carbonyl (C=O) groups excluding carboxylic acids is 1. The number of likely N-dealkylation sites (N-methyl/N-ethyl adjacent to an activating group) is 1. The smallest absolute Gasteiger partial charge is 0.274 e. The molecular formula is C27H27FN4O4. The summed E-state index contributed by atoms with van der Waals surface area (Å²) in [6.45, 7) is 5.39. The number of benzene rings is 1. The fraction of sp³-hybridized carbons (Fsp3) is 0.333. The Balaban J connectivity index is 1.67. The molecule has 0 saturated heterocycles. The molecule has 1 aromatic carbocycles. The summed E-state index contributed by atoms with van der Waals surface area (Å²) in [4.78, 5) is 30.8. The molecule has 0 radical (unpaired) electrons. The van der Waals surface area contributed by atoms with Crippen molar-refractivity contribution in [2.45, 2.75) is 44.6 Å². The quantitative estimate of drug-likeness (QED) is 0.450. The Morgan fingerprint density at radius 3 is 2.72 bits per heavy atom. The SMILES string of the molecule is Cc1ccc2c(C)c1OC1=CN(C)C(O)C=C1c1cn(C)c(=O)c3[nH]c(cc13)C(=O)NC1(C)CC21F. The van der Waals surface area contributed by atoms with Gasteiger partial charge in [0.25, 0.3) is 11.5 Å². The highest BCUT2D eigenvalue weighted by molar-refractivity contribution is 6.03. The summed E-state index contributed by atoms with van der Waals surface area (Å²) in [6, 6.07) is 5.16. The zero-order valence-corrected chi connectivity index (χ0v) is 20.7. The molecule has 186 valence electrons. The number of aryl methyl sites for hydroxylation is 2. The minimum absolute atomic E-state index is 0.116. The van der Waals surface area contributed by atoms with E-state index in [4.69, 9.17) is 4.74 Å². The van der Waals surface area contributed by atoms with Crippen molar-refractivity contribution in [3.8, 4) is 5.75 Å². The average molecular weight is 491 g/mol. The van der Waals surface area contributed by atoms with Crippen LogP contribution in [-0.4, -0.2) is 44.3 Å². The number of H-pyrrole nitrogens is 1. The summed E-state index contributed by atoms with van der Waals surface area (Å²) in [5.74, 6) is 0.453. The lowest BCUT2D eigenvalue weighted by Gasteiger charge is -2.29. The maximum absolute atomic E-state index is 16.3. The number of rotatable bonds is 0. The molecule has 1 amide bonds. The summed E-state index contributed by atoms with van der Waals surface area (Å²) in [5, 5.41) is 14.0. The molecule has 2 aromatic heterocycles.